The lowest BCUT2D eigenvalue weighted by atomic mass is 10.0. The minimum absolute atomic E-state index is 0. The highest BCUT2D eigenvalue weighted by Crippen LogP contribution is 2.32. The predicted octanol–water partition coefficient (Wildman–Crippen LogP) is 1.97. The highest BCUT2D eigenvalue weighted by atomic mass is 35.5. The Balaban J connectivity index is 0.00000112. The van der Waals surface area contributed by atoms with E-state index < -0.39 is 0 Å². The Morgan fingerprint density at radius 2 is 2.07 bits per heavy atom. The van der Waals surface area contributed by atoms with E-state index in [1.807, 2.05) is 12.1 Å². The first-order valence-corrected chi connectivity index (χ1v) is 4.88. The van der Waals surface area contributed by atoms with Crippen molar-refractivity contribution in [3.63, 3.8) is 0 Å². The third-order valence-electron chi connectivity index (χ3n) is 2.42. The van der Waals surface area contributed by atoms with Crippen LogP contribution in [0.5, 0.6) is 11.5 Å². The molecule has 2 rings (SSSR count). The third kappa shape index (κ3) is 2.76. The monoisotopic (exact) mass is 229 g/mol. The maximum atomic E-state index is 5.58. The molecule has 0 saturated heterocycles. The molecule has 0 aromatic heterocycles. The minimum Gasteiger partial charge on any atom is -0.454 e. The summed E-state index contributed by atoms with van der Waals surface area (Å²) in [6, 6.07) is 6.06. The Labute approximate surface area is 96.0 Å². The van der Waals surface area contributed by atoms with Crippen LogP contribution in [0.25, 0.3) is 0 Å². The van der Waals surface area contributed by atoms with E-state index in [2.05, 4.69) is 13.0 Å². The summed E-state index contributed by atoms with van der Waals surface area (Å²) in [6.07, 6.45) is 0.993. The molecule has 1 aliphatic heterocycles. The molecular formula is C11H16ClNO2. The van der Waals surface area contributed by atoms with Gasteiger partial charge in [0.2, 0.25) is 6.79 Å². The first kappa shape index (κ1) is 12.1. The van der Waals surface area contributed by atoms with Gasteiger partial charge in [-0.2, -0.15) is 0 Å². The quantitative estimate of drug-likeness (QED) is 0.862. The van der Waals surface area contributed by atoms with Crippen LogP contribution in [-0.2, 0) is 6.42 Å². The van der Waals surface area contributed by atoms with Gasteiger partial charge in [0.15, 0.2) is 11.5 Å². The van der Waals surface area contributed by atoms with Crippen LogP contribution in [0.15, 0.2) is 18.2 Å². The number of benzene rings is 1. The molecule has 0 bridgehead atoms. The summed E-state index contributed by atoms with van der Waals surface area (Å²) < 4.78 is 10.5. The number of hydrogen-bond acceptors (Lipinski definition) is 3. The first-order valence-electron chi connectivity index (χ1n) is 4.88. The van der Waals surface area contributed by atoms with Gasteiger partial charge in [0.05, 0.1) is 0 Å². The molecule has 4 heteroatoms. The van der Waals surface area contributed by atoms with Crippen LogP contribution < -0.4 is 15.2 Å². The van der Waals surface area contributed by atoms with E-state index in [0.29, 0.717) is 19.3 Å². The molecule has 1 aromatic rings. The molecule has 3 nitrogen and oxygen atoms in total. The van der Waals surface area contributed by atoms with Crippen molar-refractivity contribution in [1.29, 1.82) is 0 Å². The zero-order valence-corrected chi connectivity index (χ0v) is 9.55. The zero-order chi connectivity index (χ0) is 9.97. The summed E-state index contributed by atoms with van der Waals surface area (Å²) in [7, 11) is 0. The summed E-state index contributed by atoms with van der Waals surface area (Å²) >= 11 is 0. The lowest BCUT2D eigenvalue weighted by Gasteiger charge is -2.08. The normalized spacial score (nSPS) is 14.5. The second-order valence-electron chi connectivity index (χ2n) is 3.73. The molecule has 0 aliphatic carbocycles. The van der Waals surface area contributed by atoms with Gasteiger partial charge < -0.3 is 15.2 Å². The van der Waals surface area contributed by atoms with Gasteiger partial charge in [0.1, 0.15) is 0 Å². The molecule has 0 spiro atoms. The van der Waals surface area contributed by atoms with Crippen molar-refractivity contribution in [1.82, 2.24) is 0 Å². The van der Waals surface area contributed by atoms with Gasteiger partial charge in [-0.3, -0.25) is 0 Å². The number of fused-ring (bicyclic) bond motifs is 1. The third-order valence-corrected chi connectivity index (χ3v) is 2.42. The number of halogens is 1. The van der Waals surface area contributed by atoms with Gasteiger partial charge in [-0.05, 0) is 36.6 Å². The molecule has 0 fully saturated rings. The van der Waals surface area contributed by atoms with E-state index in [9.17, 15) is 0 Å². The van der Waals surface area contributed by atoms with E-state index in [0.717, 1.165) is 17.9 Å². The van der Waals surface area contributed by atoms with Gasteiger partial charge >= 0.3 is 0 Å². The molecule has 84 valence electrons. The fourth-order valence-corrected chi connectivity index (χ4v) is 1.55. The summed E-state index contributed by atoms with van der Waals surface area (Å²) in [4.78, 5) is 0. The predicted molar refractivity (Wildman–Crippen MR) is 61.7 cm³/mol. The number of nitrogens with two attached hydrogens (primary N) is 1. The van der Waals surface area contributed by atoms with Crippen LogP contribution in [0.4, 0.5) is 0 Å². The van der Waals surface area contributed by atoms with Gasteiger partial charge in [0.25, 0.3) is 0 Å². The topological polar surface area (TPSA) is 44.5 Å². The summed E-state index contributed by atoms with van der Waals surface area (Å²) in [5, 5.41) is 0. The molecule has 15 heavy (non-hydrogen) atoms. The van der Waals surface area contributed by atoms with Crippen molar-refractivity contribution in [2.24, 2.45) is 11.7 Å². The first-order chi connectivity index (χ1) is 6.79. The molecule has 0 amide bonds. The van der Waals surface area contributed by atoms with Gasteiger partial charge in [0, 0.05) is 0 Å². The Kier molecular flexibility index (Phi) is 4.24. The van der Waals surface area contributed by atoms with Crippen LogP contribution in [-0.4, -0.2) is 13.3 Å². The Hall–Kier alpha value is -0.930. The van der Waals surface area contributed by atoms with Crippen LogP contribution in [0, 0.1) is 5.92 Å². The molecule has 0 radical (unpaired) electrons. The van der Waals surface area contributed by atoms with Gasteiger partial charge in [-0.1, -0.05) is 13.0 Å². The fraction of sp³-hybridized carbons (Fsp3) is 0.455. The second kappa shape index (κ2) is 5.24. The molecule has 1 aromatic carbocycles. The van der Waals surface area contributed by atoms with E-state index in [1.165, 1.54) is 5.56 Å². The Bertz CT molecular complexity index is 330. The van der Waals surface area contributed by atoms with Crippen LogP contribution >= 0.6 is 12.4 Å². The van der Waals surface area contributed by atoms with Gasteiger partial charge in [-0.15, -0.1) is 12.4 Å². The smallest absolute Gasteiger partial charge is 0.231 e. The summed E-state index contributed by atoms with van der Waals surface area (Å²) in [5.41, 5.74) is 6.83. The molecule has 1 heterocycles. The van der Waals surface area contributed by atoms with Crippen molar-refractivity contribution >= 4 is 12.4 Å². The number of hydrogen-bond donors (Lipinski definition) is 1. The van der Waals surface area contributed by atoms with Crippen molar-refractivity contribution in [3.05, 3.63) is 23.8 Å². The lowest BCUT2D eigenvalue weighted by Crippen LogP contribution is -2.12. The average molecular weight is 230 g/mol. The minimum atomic E-state index is 0. The molecule has 0 saturated carbocycles. The summed E-state index contributed by atoms with van der Waals surface area (Å²) in [6.45, 7) is 3.20. The van der Waals surface area contributed by atoms with E-state index >= 15 is 0 Å². The van der Waals surface area contributed by atoms with Crippen molar-refractivity contribution in [3.8, 4) is 11.5 Å². The van der Waals surface area contributed by atoms with Crippen molar-refractivity contribution in [2.75, 3.05) is 13.3 Å². The largest absolute Gasteiger partial charge is 0.454 e. The maximum absolute atomic E-state index is 5.58. The Morgan fingerprint density at radius 1 is 1.33 bits per heavy atom. The van der Waals surface area contributed by atoms with E-state index in [4.69, 9.17) is 15.2 Å². The molecular weight excluding hydrogens is 214 g/mol. The average Bonchev–Trinajstić information content (AvgIpc) is 2.64. The van der Waals surface area contributed by atoms with E-state index in [1.54, 1.807) is 0 Å². The number of rotatable bonds is 3. The van der Waals surface area contributed by atoms with Gasteiger partial charge in [-0.25, -0.2) is 0 Å². The van der Waals surface area contributed by atoms with Crippen molar-refractivity contribution < 1.29 is 9.47 Å². The summed E-state index contributed by atoms with van der Waals surface area (Å²) in [5.74, 6) is 2.20. The van der Waals surface area contributed by atoms with Crippen LogP contribution in [0.1, 0.15) is 12.5 Å². The highest BCUT2D eigenvalue weighted by molar-refractivity contribution is 5.85. The molecule has 1 aliphatic rings. The van der Waals surface area contributed by atoms with E-state index in [-0.39, 0.29) is 12.4 Å². The standard InChI is InChI=1S/C11H15NO2.ClH/c1-8(6-12)4-9-2-3-10-11(5-9)14-7-13-10;/h2-3,5,8H,4,6-7,12H2,1H3;1H. The van der Waals surface area contributed by atoms with Crippen LogP contribution in [0.3, 0.4) is 0 Å². The molecule has 2 N–H and O–H groups in total. The molecule has 1 unspecified atom stereocenters. The maximum Gasteiger partial charge on any atom is 0.231 e. The lowest BCUT2D eigenvalue weighted by molar-refractivity contribution is 0.174. The fourth-order valence-electron chi connectivity index (χ4n) is 1.55. The Morgan fingerprint density at radius 3 is 2.80 bits per heavy atom. The zero-order valence-electron chi connectivity index (χ0n) is 8.73. The van der Waals surface area contributed by atoms with Crippen molar-refractivity contribution in [2.45, 2.75) is 13.3 Å². The molecule has 1 atom stereocenters. The second-order valence-corrected chi connectivity index (χ2v) is 3.73. The van der Waals surface area contributed by atoms with Crippen LogP contribution in [0.2, 0.25) is 0 Å². The SMILES string of the molecule is CC(CN)Cc1ccc2c(c1)OCO2.Cl. The highest BCUT2D eigenvalue weighted by Gasteiger charge is 2.13. The number of ether oxygens (including phenoxy) is 2.